The third-order valence-electron chi connectivity index (χ3n) is 1.93. The molecule has 5 N–H and O–H groups in total. The summed E-state index contributed by atoms with van der Waals surface area (Å²) in [7, 11) is -4.51. The van der Waals surface area contributed by atoms with Gasteiger partial charge in [-0.2, -0.15) is 0 Å². The lowest BCUT2D eigenvalue weighted by molar-refractivity contribution is 0.129. The quantitative estimate of drug-likeness (QED) is 0.285. The molecule has 0 aliphatic carbocycles. The van der Waals surface area contributed by atoms with E-state index in [4.69, 9.17) is 15.5 Å². The van der Waals surface area contributed by atoms with E-state index < -0.39 is 20.0 Å². The van der Waals surface area contributed by atoms with Crippen LogP contribution in [0.3, 0.4) is 0 Å². The fourth-order valence-corrected chi connectivity index (χ4v) is 1.35. The molecule has 0 spiro atoms. The average Bonchev–Trinajstić information content (AvgIpc) is 2.19. The van der Waals surface area contributed by atoms with Crippen LogP contribution in [-0.2, 0) is 9.09 Å². The second-order valence-corrected chi connectivity index (χ2v) is 4.75. The van der Waals surface area contributed by atoms with Gasteiger partial charge in [0.1, 0.15) is 0 Å². The minimum absolute atomic E-state index is 0.385. The molecule has 0 radical (unpaired) electrons. The molecule has 0 unspecified atom stereocenters. The van der Waals surface area contributed by atoms with Gasteiger partial charge >= 0.3 is 7.82 Å². The van der Waals surface area contributed by atoms with Crippen LogP contribution in [0.15, 0.2) is 12.2 Å². The number of hydrogen-bond acceptors (Lipinski definition) is 4. The number of aliphatic hydroxyl groups excluding tert-OH is 1. The van der Waals surface area contributed by atoms with E-state index in [0.717, 1.165) is 19.3 Å². The van der Waals surface area contributed by atoms with E-state index in [2.05, 4.69) is 11.4 Å². The van der Waals surface area contributed by atoms with Crippen molar-refractivity contribution in [2.75, 3.05) is 6.61 Å². The van der Waals surface area contributed by atoms with E-state index in [0.29, 0.717) is 0 Å². The van der Waals surface area contributed by atoms with E-state index in [9.17, 15) is 9.67 Å². The van der Waals surface area contributed by atoms with Gasteiger partial charge in [-0.3, -0.25) is 4.52 Å². The Hall–Kier alpha value is -0.230. The summed E-state index contributed by atoms with van der Waals surface area (Å²) >= 11 is 0. The minimum Gasteiger partial charge on any atom is -0.387 e. The zero-order valence-corrected chi connectivity index (χ0v) is 10.2. The highest BCUT2D eigenvalue weighted by Gasteiger charge is 2.19. The number of unbranched alkanes of at least 4 members (excludes halogenated alkanes) is 2. The van der Waals surface area contributed by atoms with Crippen LogP contribution in [-0.4, -0.2) is 33.6 Å². The second kappa shape index (κ2) is 7.95. The van der Waals surface area contributed by atoms with E-state index >= 15 is 0 Å². The first-order valence-corrected chi connectivity index (χ1v) is 6.70. The molecule has 0 heterocycles. The van der Waals surface area contributed by atoms with Crippen molar-refractivity contribution in [3.63, 3.8) is 0 Å². The van der Waals surface area contributed by atoms with Gasteiger partial charge in [0, 0.05) is 0 Å². The number of hydrogen-bond donors (Lipinski definition) is 4. The van der Waals surface area contributed by atoms with Gasteiger partial charge in [-0.15, -0.1) is 0 Å². The standard InChI is InChI=1S/C9H20NO5P/c1-2-3-4-5-6-9(11)8(10)7-15-16(12,13)14/h5-6,8-9,11H,2-4,7,10H2,1H3,(H2,12,13,14)/b6-5+/t8-,9+/m0/s1. The van der Waals surface area contributed by atoms with Crippen molar-refractivity contribution in [2.24, 2.45) is 5.73 Å². The zero-order valence-electron chi connectivity index (χ0n) is 9.32. The molecule has 0 saturated carbocycles. The molecule has 0 aromatic rings. The monoisotopic (exact) mass is 253 g/mol. The molecule has 0 aromatic heterocycles. The van der Waals surface area contributed by atoms with Crippen molar-refractivity contribution < 1.29 is 24.0 Å². The van der Waals surface area contributed by atoms with Crippen molar-refractivity contribution in [1.29, 1.82) is 0 Å². The molecule has 0 bridgehead atoms. The summed E-state index contributed by atoms with van der Waals surface area (Å²) < 4.78 is 14.6. The maximum atomic E-state index is 10.4. The molecule has 0 fully saturated rings. The Balaban J connectivity index is 3.85. The van der Waals surface area contributed by atoms with Gasteiger partial charge < -0.3 is 20.6 Å². The molecule has 6 nitrogen and oxygen atoms in total. The van der Waals surface area contributed by atoms with Crippen LogP contribution in [0.4, 0.5) is 0 Å². The number of allylic oxidation sites excluding steroid dienone is 1. The van der Waals surface area contributed by atoms with Crippen LogP contribution >= 0.6 is 7.82 Å². The molecular weight excluding hydrogens is 233 g/mol. The van der Waals surface area contributed by atoms with E-state index in [1.807, 2.05) is 0 Å². The Labute approximate surface area is 95.4 Å². The molecule has 0 aliphatic heterocycles. The number of phosphoric acid groups is 1. The van der Waals surface area contributed by atoms with Gasteiger partial charge in [0.05, 0.1) is 18.8 Å². The highest BCUT2D eigenvalue weighted by atomic mass is 31.2. The lowest BCUT2D eigenvalue weighted by Crippen LogP contribution is -2.37. The summed E-state index contributed by atoms with van der Waals surface area (Å²) in [6.45, 7) is 1.67. The third kappa shape index (κ3) is 9.03. The molecule has 2 atom stereocenters. The molecule has 16 heavy (non-hydrogen) atoms. The Morgan fingerprint density at radius 3 is 2.62 bits per heavy atom. The van der Waals surface area contributed by atoms with Crippen molar-refractivity contribution in [1.82, 2.24) is 0 Å². The smallest absolute Gasteiger partial charge is 0.387 e. The first kappa shape index (κ1) is 15.8. The van der Waals surface area contributed by atoms with Crippen LogP contribution in [0.2, 0.25) is 0 Å². The lowest BCUT2D eigenvalue weighted by atomic mass is 10.1. The number of phosphoric ester groups is 1. The predicted octanol–water partition coefficient (Wildman–Crippen LogP) is 0.530. The Bertz CT molecular complexity index is 252. The number of aliphatic hydroxyl groups is 1. The Morgan fingerprint density at radius 2 is 2.12 bits per heavy atom. The van der Waals surface area contributed by atoms with Gasteiger partial charge in [0.25, 0.3) is 0 Å². The van der Waals surface area contributed by atoms with Gasteiger partial charge in [0.15, 0.2) is 0 Å². The summed E-state index contributed by atoms with van der Waals surface area (Å²) in [5.74, 6) is 0. The van der Waals surface area contributed by atoms with Crippen LogP contribution in [0.1, 0.15) is 26.2 Å². The molecule has 96 valence electrons. The van der Waals surface area contributed by atoms with Crippen LogP contribution in [0.5, 0.6) is 0 Å². The summed E-state index contributed by atoms with van der Waals surface area (Å²) in [6, 6.07) is -0.842. The predicted molar refractivity (Wildman–Crippen MR) is 60.6 cm³/mol. The summed E-state index contributed by atoms with van der Waals surface area (Å²) in [6.07, 6.45) is 5.29. The number of rotatable bonds is 8. The topological polar surface area (TPSA) is 113 Å². The first-order chi connectivity index (χ1) is 7.37. The van der Waals surface area contributed by atoms with Gasteiger partial charge in [0.2, 0.25) is 0 Å². The van der Waals surface area contributed by atoms with Crippen LogP contribution in [0, 0.1) is 0 Å². The maximum Gasteiger partial charge on any atom is 0.469 e. The summed E-state index contributed by atoms with van der Waals surface area (Å²) in [5.41, 5.74) is 5.47. The average molecular weight is 253 g/mol. The Morgan fingerprint density at radius 1 is 1.50 bits per heavy atom. The third-order valence-corrected chi connectivity index (χ3v) is 2.42. The molecular formula is C9H20NO5P. The van der Waals surface area contributed by atoms with Gasteiger partial charge in [-0.05, 0) is 6.42 Å². The summed E-state index contributed by atoms with van der Waals surface area (Å²) in [4.78, 5) is 16.9. The van der Waals surface area contributed by atoms with Crippen molar-refractivity contribution >= 4 is 7.82 Å². The molecule has 0 aliphatic rings. The second-order valence-electron chi connectivity index (χ2n) is 3.51. The van der Waals surface area contributed by atoms with E-state index in [1.165, 1.54) is 6.08 Å². The van der Waals surface area contributed by atoms with Gasteiger partial charge in [-0.25, -0.2) is 4.57 Å². The zero-order chi connectivity index (χ0) is 12.6. The van der Waals surface area contributed by atoms with Gasteiger partial charge in [-0.1, -0.05) is 31.9 Å². The van der Waals surface area contributed by atoms with E-state index in [1.54, 1.807) is 6.08 Å². The van der Waals surface area contributed by atoms with Crippen molar-refractivity contribution in [3.05, 3.63) is 12.2 Å². The minimum atomic E-state index is -4.51. The highest BCUT2D eigenvalue weighted by Crippen LogP contribution is 2.35. The molecule has 7 heteroatoms. The fraction of sp³-hybridized carbons (Fsp3) is 0.778. The lowest BCUT2D eigenvalue weighted by Gasteiger charge is -2.15. The Kier molecular flexibility index (Phi) is 7.83. The first-order valence-electron chi connectivity index (χ1n) is 5.17. The SMILES string of the molecule is CCCC/C=C/[C@@H](O)[C@@H](N)COP(=O)(O)O. The molecule has 0 rings (SSSR count). The normalized spacial score (nSPS) is 16.6. The number of nitrogens with two attached hydrogens (primary N) is 1. The largest absolute Gasteiger partial charge is 0.469 e. The molecule has 0 saturated heterocycles. The van der Waals surface area contributed by atoms with E-state index in [-0.39, 0.29) is 6.61 Å². The molecule has 0 aromatic carbocycles. The maximum absolute atomic E-state index is 10.4. The summed E-state index contributed by atoms with van der Waals surface area (Å²) in [5, 5.41) is 9.47. The fourth-order valence-electron chi connectivity index (χ4n) is 0.982. The van der Waals surface area contributed by atoms with Crippen LogP contribution < -0.4 is 5.73 Å². The van der Waals surface area contributed by atoms with Crippen molar-refractivity contribution in [3.8, 4) is 0 Å². The van der Waals surface area contributed by atoms with Crippen molar-refractivity contribution in [2.45, 2.75) is 38.3 Å². The highest BCUT2D eigenvalue weighted by molar-refractivity contribution is 7.46. The molecule has 0 amide bonds. The van der Waals surface area contributed by atoms with Crippen LogP contribution in [0.25, 0.3) is 0 Å².